The Balaban J connectivity index is 1.90. The van der Waals surface area contributed by atoms with Crippen LogP contribution in [0.1, 0.15) is 22.6 Å². The van der Waals surface area contributed by atoms with E-state index >= 15 is 0 Å². The Labute approximate surface area is 168 Å². The highest BCUT2D eigenvalue weighted by atomic mass is 16.6. The molecule has 1 aliphatic rings. The third kappa shape index (κ3) is 2.51. The summed E-state index contributed by atoms with van der Waals surface area (Å²) >= 11 is 0. The quantitative estimate of drug-likeness (QED) is 0.194. The van der Waals surface area contributed by atoms with E-state index in [1.165, 1.54) is 30.3 Å². The Hall–Kier alpha value is -4.33. The number of ether oxygens (including phenoxy) is 1. The maximum atomic E-state index is 13.0. The number of hydrogen-bond donors (Lipinski definition) is 2. The van der Waals surface area contributed by atoms with Gasteiger partial charge in [0.15, 0.2) is 11.5 Å². The maximum Gasteiger partial charge on any atom is 0.344 e. The number of hydrogen-bond acceptors (Lipinski definition) is 7. The fourth-order valence-corrected chi connectivity index (χ4v) is 3.85. The first-order valence-electron chi connectivity index (χ1n) is 8.98. The van der Waals surface area contributed by atoms with Gasteiger partial charge in [0.25, 0.3) is 5.69 Å². The summed E-state index contributed by atoms with van der Waals surface area (Å²) in [5.74, 6) is -1.35. The zero-order chi connectivity index (χ0) is 21.0. The summed E-state index contributed by atoms with van der Waals surface area (Å²) in [6.07, 6.45) is 0. The molecule has 8 heteroatoms. The van der Waals surface area contributed by atoms with Crippen molar-refractivity contribution in [2.24, 2.45) is 0 Å². The van der Waals surface area contributed by atoms with Crippen LogP contribution in [0.3, 0.4) is 0 Å². The van der Waals surface area contributed by atoms with Crippen molar-refractivity contribution in [3.8, 4) is 23.0 Å². The molecule has 4 aromatic rings. The van der Waals surface area contributed by atoms with Crippen molar-refractivity contribution in [1.29, 1.82) is 0 Å². The summed E-state index contributed by atoms with van der Waals surface area (Å²) < 4.78 is 11.4. The van der Waals surface area contributed by atoms with Crippen LogP contribution >= 0.6 is 0 Å². The van der Waals surface area contributed by atoms with E-state index in [9.17, 15) is 25.1 Å². The smallest absolute Gasteiger partial charge is 0.344 e. The molecule has 0 saturated carbocycles. The van der Waals surface area contributed by atoms with Crippen molar-refractivity contribution >= 4 is 16.7 Å². The van der Waals surface area contributed by atoms with E-state index in [1.54, 1.807) is 30.3 Å². The van der Waals surface area contributed by atoms with Gasteiger partial charge in [-0.05, 0) is 29.8 Å². The highest BCUT2D eigenvalue weighted by Gasteiger charge is 2.37. The first kappa shape index (κ1) is 17.7. The molecule has 0 fully saturated rings. The number of phenols is 2. The highest BCUT2D eigenvalue weighted by molar-refractivity contribution is 5.86. The summed E-state index contributed by atoms with van der Waals surface area (Å²) in [6, 6.07) is 15.3. The van der Waals surface area contributed by atoms with Crippen LogP contribution in [0.2, 0.25) is 0 Å². The van der Waals surface area contributed by atoms with Crippen LogP contribution in [-0.2, 0) is 0 Å². The second kappa shape index (κ2) is 6.35. The number of non-ortho nitro benzene ring substituents is 1. The lowest BCUT2D eigenvalue weighted by Gasteiger charge is -2.28. The maximum absolute atomic E-state index is 13.0. The number of nitro groups is 1. The number of benzene rings is 3. The summed E-state index contributed by atoms with van der Waals surface area (Å²) in [7, 11) is 0. The van der Waals surface area contributed by atoms with Crippen LogP contribution in [0.5, 0.6) is 23.0 Å². The minimum Gasteiger partial charge on any atom is -0.504 e. The van der Waals surface area contributed by atoms with Gasteiger partial charge in [-0.15, -0.1) is 0 Å². The molecule has 1 aromatic heterocycles. The van der Waals surface area contributed by atoms with Gasteiger partial charge >= 0.3 is 5.63 Å². The predicted octanol–water partition coefficient (Wildman–Crippen LogP) is 4.40. The zero-order valence-corrected chi connectivity index (χ0v) is 15.2. The fourth-order valence-electron chi connectivity index (χ4n) is 3.85. The van der Waals surface area contributed by atoms with Gasteiger partial charge in [-0.1, -0.05) is 24.3 Å². The molecule has 2 N–H and O–H groups in total. The Morgan fingerprint density at radius 1 is 0.967 bits per heavy atom. The average molecular weight is 403 g/mol. The number of rotatable bonds is 2. The molecule has 2 heterocycles. The Morgan fingerprint density at radius 2 is 1.77 bits per heavy atom. The monoisotopic (exact) mass is 403 g/mol. The molecule has 0 bridgehead atoms. The molecule has 0 radical (unpaired) electrons. The molecule has 0 aliphatic carbocycles. The van der Waals surface area contributed by atoms with Crippen molar-refractivity contribution in [2.75, 3.05) is 0 Å². The van der Waals surface area contributed by atoms with Crippen molar-refractivity contribution in [2.45, 2.75) is 5.92 Å². The van der Waals surface area contributed by atoms with E-state index in [0.29, 0.717) is 16.5 Å². The van der Waals surface area contributed by atoms with E-state index in [-0.39, 0.29) is 28.3 Å². The van der Waals surface area contributed by atoms with E-state index in [0.717, 1.165) is 0 Å². The van der Waals surface area contributed by atoms with E-state index in [2.05, 4.69) is 0 Å². The van der Waals surface area contributed by atoms with Crippen LogP contribution in [0.15, 0.2) is 69.9 Å². The lowest BCUT2D eigenvalue weighted by atomic mass is 9.82. The molecular formula is C22H13NO7. The molecule has 0 amide bonds. The van der Waals surface area contributed by atoms with Crippen LogP contribution in [0, 0.1) is 10.1 Å². The lowest BCUT2D eigenvalue weighted by Crippen LogP contribution is -2.21. The fraction of sp³-hybridized carbons (Fsp3) is 0.0455. The number of aromatic hydroxyl groups is 2. The first-order chi connectivity index (χ1) is 14.5. The molecule has 8 nitrogen and oxygen atoms in total. The minimum atomic E-state index is -0.948. The third-order valence-electron chi connectivity index (χ3n) is 5.16. The van der Waals surface area contributed by atoms with E-state index in [4.69, 9.17) is 9.15 Å². The topological polar surface area (TPSA) is 123 Å². The van der Waals surface area contributed by atoms with Gasteiger partial charge in [-0.2, -0.15) is 0 Å². The Morgan fingerprint density at radius 3 is 2.57 bits per heavy atom. The van der Waals surface area contributed by atoms with Gasteiger partial charge in [0.1, 0.15) is 17.1 Å². The molecular weight excluding hydrogens is 390 g/mol. The van der Waals surface area contributed by atoms with Crippen LogP contribution in [0.4, 0.5) is 5.69 Å². The van der Waals surface area contributed by atoms with Gasteiger partial charge in [-0.25, -0.2) is 4.79 Å². The van der Waals surface area contributed by atoms with Crippen molar-refractivity contribution in [1.82, 2.24) is 0 Å². The van der Waals surface area contributed by atoms with Crippen molar-refractivity contribution in [3.63, 3.8) is 0 Å². The van der Waals surface area contributed by atoms with E-state index in [1.807, 2.05) is 0 Å². The van der Waals surface area contributed by atoms with Gasteiger partial charge in [-0.3, -0.25) is 10.1 Å². The summed E-state index contributed by atoms with van der Waals surface area (Å²) in [5, 5.41) is 32.5. The Kier molecular flexibility index (Phi) is 3.75. The lowest BCUT2D eigenvalue weighted by molar-refractivity contribution is -0.384. The number of phenolic OH excluding ortho intramolecular Hbond substituents is 2. The molecule has 0 saturated heterocycles. The number of fused-ring (bicyclic) bond motifs is 4. The van der Waals surface area contributed by atoms with Crippen molar-refractivity contribution < 1.29 is 24.3 Å². The molecule has 1 aliphatic heterocycles. The normalized spacial score (nSPS) is 14.6. The van der Waals surface area contributed by atoms with Gasteiger partial charge in [0, 0.05) is 12.1 Å². The molecule has 1 unspecified atom stereocenters. The van der Waals surface area contributed by atoms with Crippen LogP contribution in [0.25, 0.3) is 11.0 Å². The minimum absolute atomic E-state index is 0.0857. The van der Waals surface area contributed by atoms with Gasteiger partial charge < -0.3 is 19.4 Å². The molecule has 3 aromatic carbocycles. The highest BCUT2D eigenvalue weighted by Crippen LogP contribution is 2.53. The molecule has 0 spiro atoms. The summed E-state index contributed by atoms with van der Waals surface area (Å²) in [4.78, 5) is 23.7. The number of nitro benzene ring substituents is 1. The predicted molar refractivity (Wildman–Crippen MR) is 106 cm³/mol. The summed E-state index contributed by atoms with van der Waals surface area (Å²) in [6.45, 7) is 0. The van der Waals surface area contributed by atoms with Crippen molar-refractivity contribution in [3.05, 3.63) is 97.9 Å². The molecule has 5 rings (SSSR count). The van der Waals surface area contributed by atoms with Gasteiger partial charge in [0.05, 0.1) is 27.4 Å². The number of nitrogens with zero attached hydrogens (tertiary/aromatic N) is 1. The average Bonchev–Trinajstić information content (AvgIpc) is 2.75. The third-order valence-corrected chi connectivity index (χ3v) is 5.16. The SMILES string of the molecule is O=c1oc2ccccc2c2c1C(c1cccc([N+](=O)[O-])c1)c1c(ccc(O)c1O)O2. The largest absolute Gasteiger partial charge is 0.504 e. The second-order valence-corrected chi connectivity index (χ2v) is 6.86. The van der Waals surface area contributed by atoms with Gasteiger partial charge in [0.2, 0.25) is 0 Å². The standard InChI is InChI=1S/C22H13NO7/c24-14-8-9-16-18(20(14)25)17(11-4-3-5-12(10-11)23(27)28)19-21(29-16)13-6-1-2-7-15(13)30-22(19)26/h1-10,17,24-25H. The molecule has 1 atom stereocenters. The zero-order valence-electron chi connectivity index (χ0n) is 15.2. The first-order valence-corrected chi connectivity index (χ1v) is 8.98. The molecule has 30 heavy (non-hydrogen) atoms. The second-order valence-electron chi connectivity index (χ2n) is 6.86. The van der Waals surface area contributed by atoms with Crippen LogP contribution in [-0.4, -0.2) is 15.1 Å². The molecule has 148 valence electrons. The Bertz CT molecular complexity index is 1410. The van der Waals surface area contributed by atoms with E-state index < -0.39 is 28.0 Å². The number of para-hydroxylation sites is 1. The summed E-state index contributed by atoms with van der Waals surface area (Å²) in [5.41, 5.74) is 0.0395. The van der Waals surface area contributed by atoms with Crippen LogP contribution < -0.4 is 10.4 Å².